The van der Waals surface area contributed by atoms with Crippen molar-refractivity contribution in [1.82, 2.24) is 9.78 Å². The molecule has 1 aromatic carbocycles. The Kier molecular flexibility index (Phi) is 4.36. The zero-order valence-corrected chi connectivity index (χ0v) is 12.9. The molecule has 0 aliphatic carbocycles. The summed E-state index contributed by atoms with van der Waals surface area (Å²) in [6, 6.07) is 7.28. The molecule has 4 heteroatoms. The summed E-state index contributed by atoms with van der Waals surface area (Å²) >= 11 is 0. The van der Waals surface area contributed by atoms with Gasteiger partial charge in [0, 0.05) is 17.8 Å². The quantitative estimate of drug-likeness (QED) is 0.625. The van der Waals surface area contributed by atoms with Gasteiger partial charge in [-0.05, 0) is 27.7 Å². The van der Waals surface area contributed by atoms with E-state index in [1.165, 1.54) is 0 Å². The highest BCUT2D eigenvalue weighted by molar-refractivity contribution is 6.14. The van der Waals surface area contributed by atoms with Gasteiger partial charge in [-0.2, -0.15) is 5.10 Å². The second-order valence-electron chi connectivity index (χ2n) is 5.25. The molecule has 4 nitrogen and oxygen atoms in total. The first-order valence-electron chi connectivity index (χ1n) is 7.11. The molecule has 2 aromatic rings. The van der Waals surface area contributed by atoms with Crippen molar-refractivity contribution in [2.45, 2.75) is 40.7 Å². The third-order valence-corrected chi connectivity index (χ3v) is 3.65. The fourth-order valence-corrected chi connectivity index (χ4v) is 2.48. The molecule has 0 unspecified atom stereocenters. The number of rotatable bonds is 5. The van der Waals surface area contributed by atoms with Gasteiger partial charge in [-0.25, -0.2) is 0 Å². The molecule has 0 aliphatic heterocycles. The van der Waals surface area contributed by atoms with Gasteiger partial charge in [0.1, 0.15) is 0 Å². The fourth-order valence-electron chi connectivity index (χ4n) is 2.48. The Hall–Kier alpha value is -2.23. The topological polar surface area (TPSA) is 52.0 Å². The highest BCUT2D eigenvalue weighted by atomic mass is 16.1. The number of benzene rings is 1. The molecule has 0 atom stereocenters. The summed E-state index contributed by atoms with van der Waals surface area (Å²) in [5.74, 6) is -0.307. The van der Waals surface area contributed by atoms with Gasteiger partial charge in [-0.15, -0.1) is 0 Å². The SMILES string of the molecule is CCn1nc(C)c(C(=O)CC(=O)c2ccc(C)cc2)c1C. The molecule has 0 bridgehead atoms. The fraction of sp³-hybridized carbons (Fsp3) is 0.353. The van der Waals surface area contributed by atoms with Crippen molar-refractivity contribution in [3.05, 3.63) is 52.3 Å². The van der Waals surface area contributed by atoms with Crippen molar-refractivity contribution < 1.29 is 9.59 Å². The van der Waals surface area contributed by atoms with E-state index in [2.05, 4.69) is 5.10 Å². The molecule has 0 spiro atoms. The molecule has 0 aliphatic rings. The normalized spacial score (nSPS) is 10.7. The molecule has 2 rings (SSSR count). The smallest absolute Gasteiger partial charge is 0.174 e. The number of carbonyl (C=O) groups excluding carboxylic acids is 2. The largest absolute Gasteiger partial charge is 0.294 e. The Balaban J connectivity index is 2.20. The number of hydrogen-bond donors (Lipinski definition) is 0. The van der Waals surface area contributed by atoms with Gasteiger partial charge in [0.05, 0.1) is 17.7 Å². The molecule has 1 aromatic heterocycles. The van der Waals surface area contributed by atoms with Crippen LogP contribution in [0.4, 0.5) is 0 Å². The number of nitrogens with zero attached hydrogens (tertiary/aromatic N) is 2. The lowest BCUT2D eigenvalue weighted by molar-refractivity contribution is 0.0893. The van der Waals surface area contributed by atoms with Crippen LogP contribution in [0.2, 0.25) is 0 Å². The summed E-state index contributed by atoms with van der Waals surface area (Å²) in [6.45, 7) is 8.33. The maximum atomic E-state index is 12.4. The highest BCUT2D eigenvalue weighted by Gasteiger charge is 2.21. The summed E-state index contributed by atoms with van der Waals surface area (Å²) in [4.78, 5) is 24.6. The van der Waals surface area contributed by atoms with Gasteiger partial charge in [0.15, 0.2) is 11.6 Å². The molecule has 0 saturated heterocycles. The lowest BCUT2D eigenvalue weighted by Crippen LogP contribution is -2.10. The predicted octanol–water partition coefficient (Wildman–Crippen LogP) is 3.28. The predicted molar refractivity (Wildman–Crippen MR) is 81.8 cm³/mol. The first-order chi connectivity index (χ1) is 9.93. The Bertz CT molecular complexity index is 682. The van der Waals surface area contributed by atoms with E-state index >= 15 is 0 Å². The number of hydrogen-bond acceptors (Lipinski definition) is 3. The minimum atomic E-state index is -0.157. The molecule has 21 heavy (non-hydrogen) atoms. The van der Waals surface area contributed by atoms with E-state index in [1.807, 2.05) is 39.8 Å². The first-order valence-corrected chi connectivity index (χ1v) is 7.11. The van der Waals surface area contributed by atoms with Gasteiger partial charge < -0.3 is 0 Å². The van der Waals surface area contributed by atoms with E-state index in [0.717, 1.165) is 11.3 Å². The summed E-state index contributed by atoms with van der Waals surface area (Å²) in [6.07, 6.45) is -0.111. The summed E-state index contributed by atoms with van der Waals surface area (Å²) in [5.41, 5.74) is 3.77. The molecule has 0 saturated carbocycles. The van der Waals surface area contributed by atoms with Crippen LogP contribution in [0.5, 0.6) is 0 Å². The summed E-state index contributed by atoms with van der Waals surface area (Å²) in [5, 5.41) is 4.33. The molecule has 0 N–H and O–H groups in total. The van der Waals surface area contributed by atoms with Crippen molar-refractivity contribution in [1.29, 1.82) is 0 Å². The number of Topliss-reactive ketones (excluding diaryl/α,β-unsaturated/α-hetero) is 2. The maximum absolute atomic E-state index is 12.4. The number of ketones is 2. The van der Waals surface area contributed by atoms with Crippen LogP contribution in [0.1, 0.15) is 51.0 Å². The van der Waals surface area contributed by atoms with Crippen LogP contribution in [0.15, 0.2) is 24.3 Å². The number of aromatic nitrogens is 2. The van der Waals surface area contributed by atoms with Crippen LogP contribution in [0.3, 0.4) is 0 Å². The Morgan fingerprint density at radius 3 is 2.19 bits per heavy atom. The lowest BCUT2D eigenvalue weighted by Gasteiger charge is -2.03. The Morgan fingerprint density at radius 2 is 1.67 bits per heavy atom. The molecule has 110 valence electrons. The summed E-state index contributed by atoms with van der Waals surface area (Å²) in [7, 11) is 0. The second-order valence-corrected chi connectivity index (χ2v) is 5.25. The van der Waals surface area contributed by atoms with E-state index in [1.54, 1.807) is 16.8 Å². The molecule has 1 heterocycles. The molecule has 0 amide bonds. The monoisotopic (exact) mass is 284 g/mol. The number of carbonyl (C=O) groups is 2. The van der Waals surface area contributed by atoms with Crippen molar-refractivity contribution in [2.24, 2.45) is 0 Å². The lowest BCUT2D eigenvalue weighted by atomic mass is 10.00. The van der Waals surface area contributed by atoms with Gasteiger partial charge in [0.25, 0.3) is 0 Å². The number of aryl methyl sites for hydroxylation is 3. The average Bonchev–Trinajstić information content (AvgIpc) is 2.73. The van der Waals surface area contributed by atoms with Crippen LogP contribution in [-0.2, 0) is 6.54 Å². The van der Waals surface area contributed by atoms with Crippen molar-refractivity contribution in [3.63, 3.8) is 0 Å². The van der Waals surface area contributed by atoms with Crippen molar-refractivity contribution in [2.75, 3.05) is 0 Å². The van der Waals surface area contributed by atoms with Gasteiger partial charge >= 0.3 is 0 Å². The molecular formula is C17H20N2O2. The van der Waals surface area contributed by atoms with Crippen molar-refractivity contribution >= 4 is 11.6 Å². The molecule has 0 radical (unpaired) electrons. The van der Waals surface area contributed by atoms with Crippen LogP contribution < -0.4 is 0 Å². The van der Waals surface area contributed by atoms with E-state index in [0.29, 0.717) is 23.4 Å². The third kappa shape index (κ3) is 3.10. The molecule has 0 fully saturated rings. The van der Waals surface area contributed by atoms with E-state index in [-0.39, 0.29) is 18.0 Å². The van der Waals surface area contributed by atoms with Crippen molar-refractivity contribution in [3.8, 4) is 0 Å². The minimum Gasteiger partial charge on any atom is -0.294 e. The standard InChI is InChI=1S/C17H20N2O2/c1-5-19-13(4)17(12(3)18-19)16(21)10-15(20)14-8-6-11(2)7-9-14/h6-9H,5,10H2,1-4H3. The zero-order chi connectivity index (χ0) is 15.6. The second kappa shape index (κ2) is 6.04. The van der Waals surface area contributed by atoms with Gasteiger partial charge in [-0.3, -0.25) is 14.3 Å². The highest BCUT2D eigenvalue weighted by Crippen LogP contribution is 2.17. The first kappa shape index (κ1) is 15.2. The van der Waals surface area contributed by atoms with E-state index in [9.17, 15) is 9.59 Å². The van der Waals surface area contributed by atoms with Gasteiger partial charge in [0.2, 0.25) is 0 Å². The van der Waals surface area contributed by atoms with E-state index in [4.69, 9.17) is 0 Å². The van der Waals surface area contributed by atoms with Crippen LogP contribution in [0, 0.1) is 20.8 Å². The Labute approximate surface area is 124 Å². The third-order valence-electron chi connectivity index (χ3n) is 3.65. The maximum Gasteiger partial charge on any atom is 0.174 e. The molecular weight excluding hydrogens is 264 g/mol. The van der Waals surface area contributed by atoms with E-state index < -0.39 is 0 Å². The summed E-state index contributed by atoms with van der Waals surface area (Å²) < 4.78 is 1.79. The van der Waals surface area contributed by atoms with Crippen LogP contribution in [-0.4, -0.2) is 21.3 Å². The van der Waals surface area contributed by atoms with Gasteiger partial charge in [-0.1, -0.05) is 29.8 Å². The average molecular weight is 284 g/mol. The van der Waals surface area contributed by atoms with Crippen LogP contribution >= 0.6 is 0 Å². The minimum absolute atomic E-state index is 0.111. The zero-order valence-electron chi connectivity index (χ0n) is 12.9. The Morgan fingerprint density at radius 1 is 1.05 bits per heavy atom. The van der Waals surface area contributed by atoms with Crippen LogP contribution in [0.25, 0.3) is 0 Å².